The molecule has 1 aliphatic carbocycles. The van der Waals surface area contributed by atoms with Crippen molar-refractivity contribution in [1.82, 2.24) is 0 Å². The summed E-state index contributed by atoms with van der Waals surface area (Å²) in [5.74, 6) is -0.00476. The van der Waals surface area contributed by atoms with E-state index in [2.05, 4.69) is 0 Å². The third-order valence-electron chi connectivity index (χ3n) is 2.68. The first-order valence-electron chi connectivity index (χ1n) is 5.14. The van der Waals surface area contributed by atoms with Crippen LogP contribution in [0.4, 0.5) is 0 Å². The quantitative estimate of drug-likeness (QED) is 0.815. The molecule has 16 heavy (non-hydrogen) atoms. The largest absolute Gasteiger partial charge is 0.384 e. The highest BCUT2D eigenvalue weighted by molar-refractivity contribution is 5.98. The molecule has 0 aliphatic heterocycles. The number of rotatable bonds is 2. The molecule has 0 saturated carbocycles. The van der Waals surface area contributed by atoms with Crippen molar-refractivity contribution in [3.8, 4) is 6.07 Å². The van der Waals surface area contributed by atoms with Gasteiger partial charge in [-0.2, -0.15) is 5.26 Å². The number of carbonyl (C=O) groups is 1. The summed E-state index contributed by atoms with van der Waals surface area (Å²) in [6.45, 7) is 0. The van der Waals surface area contributed by atoms with Gasteiger partial charge in [0, 0.05) is 12.0 Å². The molecule has 1 aromatic carbocycles. The van der Waals surface area contributed by atoms with Crippen molar-refractivity contribution in [2.45, 2.75) is 18.9 Å². The van der Waals surface area contributed by atoms with Gasteiger partial charge in [-0.15, -0.1) is 0 Å². The maximum atomic E-state index is 11.5. The van der Waals surface area contributed by atoms with Gasteiger partial charge in [-0.3, -0.25) is 4.79 Å². The Morgan fingerprint density at radius 2 is 2.25 bits per heavy atom. The van der Waals surface area contributed by atoms with Crippen LogP contribution in [0, 0.1) is 11.3 Å². The summed E-state index contributed by atoms with van der Waals surface area (Å²) >= 11 is 0. The standard InChI is InChI=1S/C13H11NO2/c14-8-9-3-1-4-10(7-9)13(16)11-5-2-6-12(11)15/h1,3-5,7,13,16H,2,6H2. The van der Waals surface area contributed by atoms with Gasteiger partial charge in [-0.1, -0.05) is 18.2 Å². The summed E-state index contributed by atoms with van der Waals surface area (Å²) in [7, 11) is 0. The van der Waals surface area contributed by atoms with Crippen LogP contribution in [0.1, 0.15) is 30.1 Å². The summed E-state index contributed by atoms with van der Waals surface area (Å²) in [4.78, 5) is 11.5. The van der Waals surface area contributed by atoms with Crippen LogP contribution < -0.4 is 0 Å². The molecule has 1 atom stereocenters. The molecule has 0 amide bonds. The first-order chi connectivity index (χ1) is 7.72. The van der Waals surface area contributed by atoms with E-state index >= 15 is 0 Å². The zero-order valence-electron chi connectivity index (χ0n) is 8.68. The Balaban J connectivity index is 2.31. The van der Waals surface area contributed by atoms with E-state index in [4.69, 9.17) is 5.26 Å². The monoisotopic (exact) mass is 213 g/mol. The molecule has 0 saturated heterocycles. The first-order valence-corrected chi connectivity index (χ1v) is 5.14. The summed E-state index contributed by atoms with van der Waals surface area (Å²) in [5.41, 5.74) is 1.54. The summed E-state index contributed by atoms with van der Waals surface area (Å²) in [6, 6.07) is 8.71. The molecule has 0 bridgehead atoms. The zero-order chi connectivity index (χ0) is 11.5. The van der Waals surface area contributed by atoms with E-state index in [-0.39, 0.29) is 5.78 Å². The highest BCUT2D eigenvalue weighted by atomic mass is 16.3. The van der Waals surface area contributed by atoms with Gasteiger partial charge in [0.25, 0.3) is 0 Å². The van der Waals surface area contributed by atoms with Gasteiger partial charge in [0.2, 0.25) is 0 Å². The van der Waals surface area contributed by atoms with Crippen molar-refractivity contribution in [2.75, 3.05) is 0 Å². The van der Waals surface area contributed by atoms with Crippen LogP contribution in [-0.4, -0.2) is 10.9 Å². The number of aliphatic hydroxyl groups excluding tert-OH is 1. The van der Waals surface area contributed by atoms with Gasteiger partial charge in [0.1, 0.15) is 6.10 Å². The van der Waals surface area contributed by atoms with Crippen LogP contribution in [0.2, 0.25) is 0 Å². The molecule has 2 rings (SSSR count). The van der Waals surface area contributed by atoms with Crippen LogP contribution >= 0.6 is 0 Å². The Labute approximate surface area is 93.6 Å². The molecule has 3 heteroatoms. The van der Waals surface area contributed by atoms with Gasteiger partial charge in [0.15, 0.2) is 5.78 Å². The number of nitrogens with zero attached hydrogens (tertiary/aromatic N) is 1. The third-order valence-corrected chi connectivity index (χ3v) is 2.68. The van der Waals surface area contributed by atoms with Gasteiger partial charge in [-0.25, -0.2) is 0 Å². The number of allylic oxidation sites excluding steroid dienone is 1. The Kier molecular flexibility index (Phi) is 2.84. The Morgan fingerprint density at radius 1 is 1.44 bits per heavy atom. The summed E-state index contributed by atoms with van der Waals surface area (Å²) in [5, 5.41) is 18.8. The minimum absolute atomic E-state index is 0.00476. The van der Waals surface area contributed by atoms with E-state index in [9.17, 15) is 9.90 Å². The molecule has 0 spiro atoms. The fourth-order valence-corrected chi connectivity index (χ4v) is 1.84. The molecule has 0 heterocycles. The minimum Gasteiger partial charge on any atom is -0.384 e. The number of ketones is 1. The Morgan fingerprint density at radius 3 is 2.88 bits per heavy atom. The van der Waals surface area contributed by atoms with E-state index in [0.717, 1.165) is 0 Å². The van der Waals surface area contributed by atoms with Gasteiger partial charge >= 0.3 is 0 Å². The lowest BCUT2D eigenvalue weighted by molar-refractivity contribution is -0.115. The Bertz CT molecular complexity index is 497. The van der Waals surface area contributed by atoms with Gasteiger partial charge in [0.05, 0.1) is 11.6 Å². The molecular weight excluding hydrogens is 202 g/mol. The van der Waals surface area contributed by atoms with Gasteiger partial charge in [-0.05, 0) is 24.1 Å². The second-order valence-corrected chi connectivity index (χ2v) is 3.76. The molecule has 0 aromatic heterocycles. The molecule has 3 nitrogen and oxygen atoms in total. The van der Waals surface area contributed by atoms with E-state index < -0.39 is 6.10 Å². The van der Waals surface area contributed by atoms with Crippen molar-refractivity contribution in [2.24, 2.45) is 0 Å². The Hall–Kier alpha value is -1.92. The smallest absolute Gasteiger partial charge is 0.161 e. The molecule has 1 unspecified atom stereocenters. The number of Topliss-reactive ketones (excluding diaryl/α,β-unsaturated/α-hetero) is 1. The molecule has 1 aromatic rings. The van der Waals surface area contributed by atoms with Crippen molar-refractivity contribution < 1.29 is 9.90 Å². The lowest BCUT2D eigenvalue weighted by Gasteiger charge is -2.11. The zero-order valence-corrected chi connectivity index (χ0v) is 8.68. The van der Waals surface area contributed by atoms with E-state index in [0.29, 0.717) is 29.5 Å². The van der Waals surface area contributed by atoms with E-state index in [1.54, 1.807) is 30.3 Å². The lowest BCUT2D eigenvalue weighted by Crippen LogP contribution is -2.07. The number of hydrogen-bond donors (Lipinski definition) is 1. The molecular formula is C13H11NO2. The average molecular weight is 213 g/mol. The van der Waals surface area contributed by atoms with Crippen molar-refractivity contribution >= 4 is 5.78 Å². The second kappa shape index (κ2) is 4.30. The molecule has 0 fully saturated rings. The van der Waals surface area contributed by atoms with Crippen molar-refractivity contribution in [1.29, 1.82) is 5.26 Å². The summed E-state index contributed by atoms with van der Waals surface area (Å²) in [6.07, 6.45) is 2.04. The molecule has 0 radical (unpaired) electrons. The number of carbonyl (C=O) groups excluding carboxylic acids is 1. The maximum Gasteiger partial charge on any atom is 0.161 e. The van der Waals surface area contributed by atoms with Crippen LogP contribution in [-0.2, 0) is 4.79 Å². The highest BCUT2D eigenvalue weighted by Crippen LogP contribution is 2.28. The van der Waals surface area contributed by atoms with Crippen LogP contribution in [0.15, 0.2) is 35.9 Å². The average Bonchev–Trinajstić information content (AvgIpc) is 2.74. The predicted molar refractivity (Wildman–Crippen MR) is 58.4 cm³/mol. The number of hydrogen-bond acceptors (Lipinski definition) is 3. The first kappa shape index (κ1) is 10.6. The molecule has 80 valence electrons. The van der Waals surface area contributed by atoms with Crippen molar-refractivity contribution in [3.63, 3.8) is 0 Å². The normalized spacial score (nSPS) is 16.8. The second-order valence-electron chi connectivity index (χ2n) is 3.76. The summed E-state index contributed by atoms with van der Waals surface area (Å²) < 4.78 is 0. The lowest BCUT2D eigenvalue weighted by atomic mass is 9.99. The highest BCUT2D eigenvalue weighted by Gasteiger charge is 2.23. The number of nitriles is 1. The number of aliphatic hydroxyl groups is 1. The predicted octanol–water partition coefficient (Wildman–Crippen LogP) is 1.88. The van der Waals surface area contributed by atoms with E-state index in [1.165, 1.54) is 0 Å². The topological polar surface area (TPSA) is 61.1 Å². The number of benzene rings is 1. The SMILES string of the molecule is N#Cc1cccc(C(O)C2=CCCC2=O)c1. The van der Waals surface area contributed by atoms with Crippen LogP contribution in [0.5, 0.6) is 0 Å². The molecule has 1 aliphatic rings. The van der Waals surface area contributed by atoms with Crippen molar-refractivity contribution in [3.05, 3.63) is 47.0 Å². The van der Waals surface area contributed by atoms with Crippen LogP contribution in [0.25, 0.3) is 0 Å². The fraction of sp³-hybridized carbons (Fsp3) is 0.231. The van der Waals surface area contributed by atoms with E-state index in [1.807, 2.05) is 6.07 Å². The molecule has 1 N–H and O–H groups in total. The maximum absolute atomic E-state index is 11.5. The fourth-order valence-electron chi connectivity index (χ4n) is 1.84. The van der Waals surface area contributed by atoms with Crippen LogP contribution in [0.3, 0.4) is 0 Å². The minimum atomic E-state index is -0.900. The van der Waals surface area contributed by atoms with Gasteiger partial charge < -0.3 is 5.11 Å². The third kappa shape index (κ3) is 1.88.